The van der Waals surface area contributed by atoms with Gasteiger partial charge in [-0.15, -0.1) is 0 Å². The molecule has 5 heteroatoms. The molecule has 1 N–H and O–H groups in total. The summed E-state index contributed by atoms with van der Waals surface area (Å²) in [5.41, 5.74) is 1.97. The third kappa shape index (κ3) is 4.76. The zero-order valence-corrected chi connectivity index (χ0v) is 13.3. The highest BCUT2D eigenvalue weighted by atomic mass is 79.9. The maximum Gasteiger partial charge on any atom is 0.0692 e. The number of halogens is 1. The molecule has 0 fully saturated rings. The van der Waals surface area contributed by atoms with E-state index in [9.17, 15) is 5.11 Å². The first kappa shape index (κ1) is 16.4. The van der Waals surface area contributed by atoms with Crippen molar-refractivity contribution in [3.8, 4) is 0 Å². The molecule has 19 heavy (non-hydrogen) atoms. The molecule has 108 valence electrons. The molecular formula is C14H22BrNO3. The molecule has 1 unspecified atom stereocenters. The predicted octanol–water partition coefficient (Wildman–Crippen LogP) is 2.43. The van der Waals surface area contributed by atoms with Crippen molar-refractivity contribution in [2.24, 2.45) is 0 Å². The van der Waals surface area contributed by atoms with Crippen molar-refractivity contribution in [2.75, 3.05) is 38.9 Å². The van der Waals surface area contributed by atoms with Crippen LogP contribution in [0.25, 0.3) is 0 Å². The van der Waals surface area contributed by atoms with E-state index in [1.807, 2.05) is 18.2 Å². The van der Waals surface area contributed by atoms with Gasteiger partial charge in [-0.1, -0.05) is 22.0 Å². The van der Waals surface area contributed by atoms with Crippen molar-refractivity contribution in [3.63, 3.8) is 0 Å². The summed E-state index contributed by atoms with van der Waals surface area (Å²) >= 11 is 3.48. The Balaban J connectivity index is 2.92. The lowest BCUT2D eigenvalue weighted by Gasteiger charge is -2.31. The molecule has 1 aromatic rings. The Hall–Kier alpha value is -0.620. The number of hydrogen-bond donors (Lipinski definition) is 1. The number of aliphatic hydroxyl groups excluding tert-OH is 1. The second-order valence-electron chi connectivity index (χ2n) is 4.42. The Morgan fingerprint density at radius 1 is 1.32 bits per heavy atom. The van der Waals surface area contributed by atoms with Gasteiger partial charge in [0.05, 0.1) is 19.8 Å². The number of aliphatic hydroxyl groups is 1. The minimum Gasteiger partial charge on any atom is -0.392 e. The predicted molar refractivity (Wildman–Crippen MR) is 80.6 cm³/mol. The van der Waals surface area contributed by atoms with Crippen molar-refractivity contribution in [3.05, 3.63) is 28.2 Å². The van der Waals surface area contributed by atoms with Gasteiger partial charge in [0.15, 0.2) is 0 Å². The van der Waals surface area contributed by atoms with E-state index in [4.69, 9.17) is 9.47 Å². The second-order valence-corrected chi connectivity index (χ2v) is 5.28. The fraction of sp³-hybridized carbons (Fsp3) is 0.571. The highest BCUT2D eigenvalue weighted by molar-refractivity contribution is 9.10. The highest BCUT2D eigenvalue weighted by Gasteiger charge is 2.15. The van der Waals surface area contributed by atoms with Crippen LogP contribution in [0.5, 0.6) is 0 Å². The van der Waals surface area contributed by atoms with Crippen LogP contribution in [-0.4, -0.2) is 45.1 Å². The van der Waals surface area contributed by atoms with E-state index < -0.39 is 0 Å². The molecule has 0 saturated carbocycles. The third-order valence-electron chi connectivity index (χ3n) is 3.01. The van der Waals surface area contributed by atoms with E-state index in [1.54, 1.807) is 14.2 Å². The lowest BCUT2D eigenvalue weighted by atomic mass is 10.1. The largest absolute Gasteiger partial charge is 0.392 e. The summed E-state index contributed by atoms with van der Waals surface area (Å²) in [6.45, 7) is 4.27. The SMILES string of the molecule is COCCN(c1ccc(CO)c(Br)c1)C(C)COC. The molecule has 0 aliphatic rings. The van der Waals surface area contributed by atoms with Crippen molar-refractivity contribution >= 4 is 21.6 Å². The molecule has 0 heterocycles. The number of anilines is 1. The summed E-state index contributed by atoms with van der Waals surface area (Å²) in [6.07, 6.45) is 0. The molecule has 0 radical (unpaired) electrons. The van der Waals surface area contributed by atoms with Gasteiger partial charge in [-0.05, 0) is 24.6 Å². The van der Waals surface area contributed by atoms with Crippen LogP contribution in [0.4, 0.5) is 5.69 Å². The van der Waals surface area contributed by atoms with Gasteiger partial charge in [-0.2, -0.15) is 0 Å². The van der Waals surface area contributed by atoms with Gasteiger partial charge in [0, 0.05) is 37.0 Å². The standard InChI is InChI=1S/C14H22BrNO3/c1-11(10-19-3)16(6-7-18-2)13-5-4-12(9-17)14(15)8-13/h4-5,8,11,17H,6-7,9-10H2,1-3H3. The molecule has 0 bridgehead atoms. The van der Waals surface area contributed by atoms with Gasteiger partial charge >= 0.3 is 0 Å². The van der Waals surface area contributed by atoms with E-state index in [2.05, 4.69) is 27.8 Å². The van der Waals surface area contributed by atoms with Gasteiger partial charge in [0.2, 0.25) is 0 Å². The first-order chi connectivity index (χ1) is 9.13. The molecule has 0 aromatic heterocycles. The van der Waals surface area contributed by atoms with Crippen molar-refractivity contribution in [1.82, 2.24) is 0 Å². The normalized spacial score (nSPS) is 12.5. The average Bonchev–Trinajstić information content (AvgIpc) is 2.39. The van der Waals surface area contributed by atoms with Crippen molar-refractivity contribution < 1.29 is 14.6 Å². The molecule has 0 aliphatic carbocycles. The van der Waals surface area contributed by atoms with E-state index in [1.165, 1.54) is 0 Å². The van der Waals surface area contributed by atoms with Gasteiger partial charge < -0.3 is 19.5 Å². The maximum atomic E-state index is 9.20. The van der Waals surface area contributed by atoms with Crippen molar-refractivity contribution in [2.45, 2.75) is 19.6 Å². The number of nitrogens with zero attached hydrogens (tertiary/aromatic N) is 1. The number of hydrogen-bond acceptors (Lipinski definition) is 4. The van der Waals surface area contributed by atoms with E-state index >= 15 is 0 Å². The fourth-order valence-corrected chi connectivity index (χ4v) is 2.46. The Labute approximate surface area is 123 Å². The lowest BCUT2D eigenvalue weighted by Crippen LogP contribution is -2.38. The van der Waals surface area contributed by atoms with Crippen LogP contribution >= 0.6 is 15.9 Å². The fourth-order valence-electron chi connectivity index (χ4n) is 1.97. The molecule has 0 spiro atoms. The Morgan fingerprint density at radius 3 is 2.58 bits per heavy atom. The summed E-state index contributed by atoms with van der Waals surface area (Å²) < 4.78 is 11.3. The zero-order valence-electron chi connectivity index (χ0n) is 11.7. The zero-order chi connectivity index (χ0) is 14.3. The lowest BCUT2D eigenvalue weighted by molar-refractivity contribution is 0.171. The van der Waals surface area contributed by atoms with E-state index in [-0.39, 0.29) is 12.6 Å². The van der Waals surface area contributed by atoms with Crippen LogP contribution < -0.4 is 4.90 Å². The van der Waals surface area contributed by atoms with Crippen LogP contribution in [0.2, 0.25) is 0 Å². The average molecular weight is 332 g/mol. The number of methoxy groups -OCH3 is 2. The van der Waals surface area contributed by atoms with Crippen LogP contribution in [0.15, 0.2) is 22.7 Å². The molecular weight excluding hydrogens is 310 g/mol. The number of ether oxygens (including phenoxy) is 2. The first-order valence-electron chi connectivity index (χ1n) is 6.27. The molecule has 0 aliphatic heterocycles. The summed E-state index contributed by atoms with van der Waals surface area (Å²) in [5, 5.41) is 9.20. The molecule has 4 nitrogen and oxygen atoms in total. The van der Waals surface area contributed by atoms with Crippen LogP contribution in [0.3, 0.4) is 0 Å². The number of benzene rings is 1. The maximum absolute atomic E-state index is 9.20. The quantitative estimate of drug-likeness (QED) is 0.794. The minimum absolute atomic E-state index is 0.0343. The van der Waals surface area contributed by atoms with Gasteiger partial charge in [0.1, 0.15) is 0 Å². The second kappa shape index (κ2) is 8.53. The van der Waals surface area contributed by atoms with Gasteiger partial charge in [-0.25, -0.2) is 0 Å². The molecule has 1 atom stereocenters. The molecule has 1 aromatic carbocycles. The molecule has 1 rings (SSSR count). The Kier molecular flexibility index (Phi) is 7.38. The molecule has 0 saturated heterocycles. The van der Waals surface area contributed by atoms with E-state index in [0.717, 1.165) is 22.3 Å². The molecule has 0 amide bonds. The Bertz CT molecular complexity index is 387. The van der Waals surface area contributed by atoms with Crippen LogP contribution in [-0.2, 0) is 16.1 Å². The van der Waals surface area contributed by atoms with Crippen molar-refractivity contribution in [1.29, 1.82) is 0 Å². The van der Waals surface area contributed by atoms with Gasteiger partial charge in [-0.3, -0.25) is 0 Å². The van der Waals surface area contributed by atoms with Crippen LogP contribution in [0.1, 0.15) is 12.5 Å². The summed E-state index contributed by atoms with van der Waals surface area (Å²) in [7, 11) is 3.40. The Morgan fingerprint density at radius 2 is 2.05 bits per heavy atom. The highest BCUT2D eigenvalue weighted by Crippen LogP contribution is 2.25. The monoisotopic (exact) mass is 331 g/mol. The van der Waals surface area contributed by atoms with Gasteiger partial charge in [0.25, 0.3) is 0 Å². The summed E-state index contributed by atoms with van der Waals surface area (Å²) in [4.78, 5) is 2.24. The minimum atomic E-state index is 0.0343. The third-order valence-corrected chi connectivity index (χ3v) is 3.75. The smallest absolute Gasteiger partial charge is 0.0692 e. The number of rotatable bonds is 8. The summed E-state index contributed by atoms with van der Waals surface area (Å²) in [5.74, 6) is 0. The first-order valence-corrected chi connectivity index (χ1v) is 7.07. The van der Waals surface area contributed by atoms with Crippen LogP contribution in [0, 0.1) is 0 Å². The van der Waals surface area contributed by atoms with E-state index in [0.29, 0.717) is 13.2 Å². The summed E-state index contributed by atoms with van der Waals surface area (Å²) in [6, 6.07) is 6.22. The topological polar surface area (TPSA) is 41.9 Å².